The monoisotopic (exact) mass is 590 g/mol. The molecule has 0 saturated carbocycles. The molecule has 186 valence electrons. The zero-order valence-electron chi connectivity index (χ0n) is 19.3. The van der Waals surface area contributed by atoms with Gasteiger partial charge in [-0.15, -0.1) is 0 Å². The molecule has 0 aliphatic carbocycles. The molecule has 0 fully saturated rings. The van der Waals surface area contributed by atoms with Crippen LogP contribution in [0.5, 0.6) is 5.75 Å². The first-order chi connectivity index (χ1) is 17.3. The lowest BCUT2D eigenvalue weighted by atomic mass is 10.2. The van der Waals surface area contributed by atoms with Crippen molar-refractivity contribution in [3.05, 3.63) is 80.9 Å². The van der Waals surface area contributed by atoms with Gasteiger partial charge in [0.25, 0.3) is 0 Å². The van der Waals surface area contributed by atoms with E-state index in [1.807, 2.05) is 23.6 Å². The summed E-state index contributed by atoms with van der Waals surface area (Å²) >= 11 is 16.6. The first-order valence-electron chi connectivity index (χ1n) is 10.7. The van der Waals surface area contributed by atoms with E-state index in [-0.39, 0.29) is 24.1 Å². The van der Waals surface area contributed by atoms with Gasteiger partial charge in [0, 0.05) is 41.9 Å². The normalized spacial score (nSPS) is 10.8. The highest BCUT2D eigenvalue weighted by Gasteiger charge is 2.20. The topological polar surface area (TPSA) is 101 Å². The second-order valence-corrected chi connectivity index (χ2v) is 9.23. The van der Waals surface area contributed by atoms with Crippen molar-refractivity contribution >= 4 is 68.1 Å². The van der Waals surface area contributed by atoms with E-state index in [1.165, 1.54) is 4.90 Å². The zero-order valence-corrected chi connectivity index (χ0v) is 22.4. The van der Waals surface area contributed by atoms with E-state index in [0.717, 1.165) is 10.3 Å². The fourth-order valence-electron chi connectivity index (χ4n) is 3.39. The van der Waals surface area contributed by atoms with Crippen molar-refractivity contribution in [3.63, 3.8) is 0 Å². The highest BCUT2D eigenvalue weighted by atomic mass is 79.9. The summed E-state index contributed by atoms with van der Waals surface area (Å²) in [4.78, 5) is 34.6. The summed E-state index contributed by atoms with van der Waals surface area (Å²) in [6.07, 6.45) is 4.97. The predicted molar refractivity (Wildman–Crippen MR) is 143 cm³/mol. The maximum atomic E-state index is 12.7. The van der Waals surface area contributed by atoms with Crippen LogP contribution < -0.4 is 20.3 Å². The number of pyridine rings is 2. The summed E-state index contributed by atoms with van der Waals surface area (Å²) in [6.45, 7) is 1.71. The van der Waals surface area contributed by atoms with Crippen LogP contribution in [-0.2, 0) is 11.4 Å². The highest BCUT2D eigenvalue weighted by Crippen LogP contribution is 2.35. The number of urea groups is 1. The smallest absolute Gasteiger partial charge is 0.319 e. The summed E-state index contributed by atoms with van der Waals surface area (Å²) in [6, 6.07) is 9.69. The molecular weight excluding hydrogens is 571 g/mol. The van der Waals surface area contributed by atoms with Gasteiger partial charge in [-0.05, 0) is 59.3 Å². The number of likely N-dealkylation sites (N-methyl/N-ethyl adjacent to an activating group) is 1. The number of nitrogens with zero attached hydrogens (tertiary/aromatic N) is 4. The number of aromatic nitrogens is 3. The first-order valence-corrected chi connectivity index (χ1v) is 12.3. The Labute approximate surface area is 225 Å². The van der Waals surface area contributed by atoms with Gasteiger partial charge in [0.05, 0.1) is 22.9 Å². The van der Waals surface area contributed by atoms with Gasteiger partial charge >= 0.3 is 6.03 Å². The predicted octanol–water partition coefficient (Wildman–Crippen LogP) is 5.47. The maximum Gasteiger partial charge on any atom is 0.319 e. The van der Waals surface area contributed by atoms with Crippen molar-refractivity contribution in [2.45, 2.75) is 13.5 Å². The fraction of sp³-hybridized carbons (Fsp3) is 0.167. The maximum absolute atomic E-state index is 12.7. The molecule has 0 aliphatic heterocycles. The number of imidazole rings is 1. The van der Waals surface area contributed by atoms with Crippen molar-refractivity contribution in [1.29, 1.82) is 0 Å². The molecule has 0 bridgehead atoms. The van der Waals surface area contributed by atoms with Crippen molar-refractivity contribution in [2.75, 3.05) is 23.8 Å². The highest BCUT2D eigenvalue weighted by molar-refractivity contribution is 9.10. The number of ether oxygens (including phenoxy) is 1. The lowest BCUT2D eigenvalue weighted by Crippen LogP contribution is -2.40. The van der Waals surface area contributed by atoms with Crippen molar-refractivity contribution < 1.29 is 14.3 Å². The second-order valence-electron chi connectivity index (χ2n) is 7.70. The van der Waals surface area contributed by atoms with Gasteiger partial charge in [-0.3, -0.25) is 14.2 Å². The van der Waals surface area contributed by atoms with E-state index < -0.39 is 6.03 Å². The molecule has 36 heavy (non-hydrogen) atoms. The molecule has 9 nitrogen and oxygen atoms in total. The molecule has 4 aromatic rings. The molecule has 0 unspecified atom stereocenters. The first kappa shape index (κ1) is 25.7. The van der Waals surface area contributed by atoms with Crippen LogP contribution in [0.3, 0.4) is 0 Å². The van der Waals surface area contributed by atoms with Gasteiger partial charge in [-0.25, -0.2) is 9.78 Å². The third-order valence-corrected chi connectivity index (χ3v) is 7.06. The largest absolute Gasteiger partial charge is 0.485 e. The van der Waals surface area contributed by atoms with Gasteiger partial charge in [0.15, 0.2) is 11.4 Å². The summed E-state index contributed by atoms with van der Waals surface area (Å²) in [5.74, 6) is 0.177. The molecule has 0 aliphatic rings. The Kier molecular flexibility index (Phi) is 7.97. The van der Waals surface area contributed by atoms with Crippen LogP contribution in [0.4, 0.5) is 16.2 Å². The van der Waals surface area contributed by atoms with Gasteiger partial charge in [-0.2, -0.15) is 0 Å². The van der Waals surface area contributed by atoms with Crippen molar-refractivity contribution in [1.82, 2.24) is 19.7 Å². The van der Waals surface area contributed by atoms with Crippen LogP contribution in [0, 0.1) is 6.92 Å². The Morgan fingerprint density at radius 2 is 1.92 bits per heavy atom. The number of hydrogen-bond acceptors (Lipinski definition) is 5. The lowest BCUT2D eigenvalue weighted by Gasteiger charge is -2.21. The molecule has 0 radical (unpaired) electrons. The van der Waals surface area contributed by atoms with E-state index in [1.54, 1.807) is 49.8 Å². The molecule has 2 N–H and O–H groups in total. The van der Waals surface area contributed by atoms with Crippen molar-refractivity contribution in [3.8, 4) is 5.75 Å². The quantitative estimate of drug-likeness (QED) is 0.297. The Balaban J connectivity index is 1.44. The number of hydrogen-bond donors (Lipinski definition) is 2. The average Bonchev–Trinajstić information content (AvgIpc) is 3.16. The van der Waals surface area contributed by atoms with Gasteiger partial charge in [0.1, 0.15) is 11.2 Å². The fourth-order valence-corrected chi connectivity index (χ4v) is 4.37. The summed E-state index contributed by atoms with van der Waals surface area (Å²) in [5.41, 5.74) is 2.98. The number of amides is 3. The number of anilines is 2. The summed E-state index contributed by atoms with van der Waals surface area (Å²) < 4.78 is 8.73. The van der Waals surface area contributed by atoms with Gasteiger partial charge < -0.3 is 20.3 Å². The van der Waals surface area contributed by atoms with Crippen LogP contribution in [0.2, 0.25) is 10.0 Å². The van der Waals surface area contributed by atoms with Crippen LogP contribution in [-0.4, -0.2) is 39.9 Å². The molecular formula is C24H21BrCl2N6O3. The average molecular weight is 592 g/mol. The SMILES string of the molecule is Cc1nc2c(OCc3c(Cl)ccc(N(C)C(=O)CNC(=O)Nc4ccncc4)c3Cl)cccn2c1Br. The Bertz CT molecular complexity index is 1430. The molecule has 12 heteroatoms. The number of rotatable bonds is 7. The number of carbonyl (C=O) groups is 2. The number of carbonyl (C=O) groups excluding carboxylic acids is 2. The third-order valence-electron chi connectivity index (χ3n) is 5.33. The van der Waals surface area contributed by atoms with Crippen LogP contribution >= 0.6 is 39.1 Å². The van der Waals surface area contributed by atoms with Crippen LogP contribution in [0.1, 0.15) is 11.3 Å². The van der Waals surface area contributed by atoms with Gasteiger partial charge in [-0.1, -0.05) is 23.2 Å². The Morgan fingerprint density at radius 3 is 2.67 bits per heavy atom. The minimum Gasteiger partial charge on any atom is -0.485 e. The number of aryl methyl sites for hydroxylation is 1. The number of fused-ring (bicyclic) bond motifs is 1. The molecule has 0 atom stereocenters. The molecule has 1 aromatic carbocycles. The number of benzene rings is 1. The summed E-state index contributed by atoms with van der Waals surface area (Å²) in [7, 11) is 1.57. The lowest BCUT2D eigenvalue weighted by molar-refractivity contribution is -0.117. The number of nitrogens with one attached hydrogen (secondary N) is 2. The molecule has 3 heterocycles. The van der Waals surface area contributed by atoms with Crippen LogP contribution in [0.15, 0.2) is 59.6 Å². The van der Waals surface area contributed by atoms with Gasteiger partial charge in [0.2, 0.25) is 5.91 Å². The second kappa shape index (κ2) is 11.2. The molecule has 3 amide bonds. The standard InChI is InChI=1S/C24H21BrCl2N6O3/c1-14-22(25)33-11-3-4-19(23(33)30-14)36-13-16-17(26)5-6-18(21(16)27)32(2)20(34)12-29-24(35)31-15-7-9-28-10-8-15/h3-11H,12-13H2,1-2H3,(H2,28,29,31,35). The number of halogens is 3. The molecule has 3 aromatic heterocycles. The minimum absolute atomic E-state index is 0.0589. The zero-order chi connectivity index (χ0) is 25.8. The van der Waals surface area contributed by atoms with E-state index in [4.69, 9.17) is 27.9 Å². The molecule has 0 spiro atoms. The van der Waals surface area contributed by atoms with Crippen LogP contribution in [0.25, 0.3) is 5.65 Å². The third kappa shape index (κ3) is 5.56. The van der Waals surface area contributed by atoms with E-state index in [9.17, 15) is 9.59 Å². The summed E-state index contributed by atoms with van der Waals surface area (Å²) in [5, 5.41) is 5.82. The molecule has 4 rings (SSSR count). The van der Waals surface area contributed by atoms with Crippen molar-refractivity contribution in [2.24, 2.45) is 0 Å². The van der Waals surface area contributed by atoms with E-state index in [0.29, 0.717) is 33.4 Å². The molecule has 0 saturated heterocycles. The van der Waals surface area contributed by atoms with E-state index in [2.05, 4.69) is 36.5 Å². The Hall–Kier alpha value is -3.34. The Morgan fingerprint density at radius 1 is 1.17 bits per heavy atom. The minimum atomic E-state index is -0.519. The van der Waals surface area contributed by atoms with E-state index >= 15 is 0 Å².